The van der Waals surface area contributed by atoms with Crippen LogP contribution in [-0.4, -0.2) is 32.8 Å². The third-order valence-corrected chi connectivity index (χ3v) is 4.07. The zero-order valence-corrected chi connectivity index (χ0v) is 13.3. The lowest BCUT2D eigenvalue weighted by atomic mass is 9.89. The third-order valence-electron chi connectivity index (χ3n) is 4.07. The number of esters is 1. The molecule has 21 heavy (non-hydrogen) atoms. The first-order chi connectivity index (χ1) is 10.0. The first kappa shape index (κ1) is 15.6. The molecular formula is C16H23NO4. The summed E-state index contributed by atoms with van der Waals surface area (Å²) >= 11 is 0. The Morgan fingerprint density at radius 1 is 1.14 bits per heavy atom. The summed E-state index contributed by atoms with van der Waals surface area (Å²) in [6.45, 7) is 6.80. The molecule has 1 aromatic carbocycles. The van der Waals surface area contributed by atoms with Crippen molar-refractivity contribution in [3.05, 3.63) is 22.3 Å². The highest BCUT2D eigenvalue weighted by atomic mass is 16.5. The largest absolute Gasteiger partial charge is 0.496 e. The molecule has 2 rings (SSSR count). The molecule has 1 N–H and O–H groups in total. The van der Waals surface area contributed by atoms with Gasteiger partial charge in [0.2, 0.25) is 0 Å². The van der Waals surface area contributed by atoms with Gasteiger partial charge in [0.15, 0.2) is 0 Å². The van der Waals surface area contributed by atoms with E-state index >= 15 is 0 Å². The van der Waals surface area contributed by atoms with Crippen LogP contribution in [0.3, 0.4) is 0 Å². The fraction of sp³-hybridized carbons (Fsp3) is 0.562. The quantitative estimate of drug-likeness (QED) is 0.859. The normalized spacial score (nSPS) is 17.1. The second kappa shape index (κ2) is 6.35. The van der Waals surface area contributed by atoms with Gasteiger partial charge in [0.25, 0.3) is 0 Å². The van der Waals surface area contributed by atoms with Crippen molar-refractivity contribution in [2.75, 3.05) is 20.8 Å². The number of methoxy groups -OCH3 is 2. The molecule has 1 aliphatic heterocycles. The van der Waals surface area contributed by atoms with Crippen LogP contribution in [0.15, 0.2) is 0 Å². The number of carbonyl (C=O) groups is 1. The Morgan fingerprint density at radius 2 is 1.71 bits per heavy atom. The van der Waals surface area contributed by atoms with Gasteiger partial charge in [-0.1, -0.05) is 0 Å². The van der Waals surface area contributed by atoms with E-state index in [1.54, 1.807) is 14.2 Å². The van der Waals surface area contributed by atoms with E-state index in [0.717, 1.165) is 33.8 Å². The molecule has 1 aromatic rings. The number of ether oxygens (including phenoxy) is 3. The molecule has 0 saturated carbocycles. The molecule has 0 fully saturated rings. The van der Waals surface area contributed by atoms with E-state index in [1.807, 2.05) is 20.8 Å². The maximum Gasteiger partial charge on any atom is 0.323 e. The summed E-state index contributed by atoms with van der Waals surface area (Å²) in [7, 11) is 3.34. The third kappa shape index (κ3) is 2.70. The number of rotatable bonds is 4. The molecule has 116 valence electrons. The Labute approximate surface area is 125 Å². The second-order valence-corrected chi connectivity index (χ2v) is 5.16. The maximum absolute atomic E-state index is 12.0. The highest BCUT2D eigenvalue weighted by Crippen LogP contribution is 2.40. The first-order valence-electron chi connectivity index (χ1n) is 7.18. The van der Waals surface area contributed by atoms with Crippen molar-refractivity contribution in [1.82, 2.24) is 5.32 Å². The lowest BCUT2D eigenvalue weighted by Crippen LogP contribution is -2.43. The van der Waals surface area contributed by atoms with Crippen LogP contribution >= 0.6 is 0 Å². The standard InChI is InChI=1S/C16H23NO4/c1-6-21-16(18)13-7-11-12(8-17-13)15(20-5)10(3)9(2)14(11)19-4/h13,17H,6-8H2,1-5H3. The molecule has 1 heterocycles. The van der Waals surface area contributed by atoms with Gasteiger partial charge in [-0.2, -0.15) is 0 Å². The van der Waals surface area contributed by atoms with Gasteiger partial charge < -0.3 is 14.2 Å². The van der Waals surface area contributed by atoms with Crippen molar-refractivity contribution >= 4 is 5.97 Å². The molecule has 0 aromatic heterocycles. The van der Waals surface area contributed by atoms with Crippen molar-refractivity contribution in [2.24, 2.45) is 0 Å². The molecule has 1 aliphatic rings. The molecule has 0 saturated heterocycles. The lowest BCUT2D eigenvalue weighted by molar-refractivity contribution is -0.145. The van der Waals surface area contributed by atoms with Crippen molar-refractivity contribution < 1.29 is 19.0 Å². The monoisotopic (exact) mass is 293 g/mol. The molecule has 5 heteroatoms. The van der Waals surface area contributed by atoms with E-state index in [1.165, 1.54) is 0 Å². The van der Waals surface area contributed by atoms with Gasteiger partial charge in [-0.05, 0) is 31.9 Å². The topological polar surface area (TPSA) is 56.8 Å². The van der Waals surface area contributed by atoms with Gasteiger partial charge in [-0.3, -0.25) is 10.1 Å². The fourth-order valence-electron chi connectivity index (χ4n) is 2.93. The minimum Gasteiger partial charge on any atom is -0.496 e. The highest BCUT2D eigenvalue weighted by Gasteiger charge is 2.31. The smallest absolute Gasteiger partial charge is 0.323 e. The Balaban J connectivity index is 2.47. The van der Waals surface area contributed by atoms with Crippen LogP contribution in [0.2, 0.25) is 0 Å². The highest BCUT2D eigenvalue weighted by molar-refractivity contribution is 5.77. The van der Waals surface area contributed by atoms with E-state index in [4.69, 9.17) is 14.2 Å². The summed E-state index contributed by atoms with van der Waals surface area (Å²) in [6.07, 6.45) is 0.550. The fourth-order valence-corrected chi connectivity index (χ4v) is 2.93. The maximum atomic E-state index is 12.0. The molecule has 0 radical (unpaired) electrons. The van der Waals surface area contributed by atoms with Crippen LogP contribution in [0.4, 0.5) is 0 Å². The number of fused-ring (bicyclic) bond motifs is 1. The Morgan fingerprint density at radius 3 is 2.24 bits per heavy atom. The Bertz CT molecular complexity index is 554. The Hall–Kier alpha value is -1.75. The number of hydrogen-bond donors (Lipinski definition) is 1. The summed E-state index contributed by atoms with van der Waals surface area (Å²) in [6, 6.07) is -0.335. The van der Waals surface area contributed by atoms with Crippen LogP contribution in [-0.2, 0) is 22.5 Å². The summed E-state index contributed by atoms with van der Waals surface area (Å²) < 4.78 is 16.2. The molecule has 0 aliphatic carbocycles. The average Bonchev–Trinajstić information content (AvgIpc) is 2.49. The van der Waals surface area contributed by atoms with Crippen molar-refractivity contribution in [3.8, 4) is 11.5 Å². The van der Waals surface area contributed by atoms with Crippen molar-refractivity contribution in [2.45, 2.75) is 39.8 Å². The van der Waals surface area contributed by atoms with Crippen LogP contribution in [0, 0.1) is 13.8 Å². The van der Waals surface area contributed by atoms with Crippen LogP contribution in [0.5, 0.6) is 11.5 Å². The van der Waals surface area contributed by atoms with E-state index in [-0.39, 0.29) is 12.0 Å². The van der Waals surface area contributed by atoms with E-state index in [2.05, 4.69) is 5.32 Å². The van der Waals surface area contributed by atoms with E-state index < -0.39 is 0 Å². The first-order valence-corrected chi connectivity index (χ1v) is 7.18. The molecule has 5 nitrogen and oxygen atoms in total. The van der Waals surface area contributed by atoms with Gasteiger partial charge in [0.05, 0.1) is 20.8 Å². The van der Waals surface area contributed by atoms with Gasteiger partial charge in [-0.15, -0.1) is 0 Å². The molecule has 1 atom stereocenters. The van der Waals surface area contributed by atoms with Crippen molar-refractivity contribution in [3.63, 3.8) is 0 Å². The summed E-state index contributed by atoms with van der Waals surface area (Å²) in [4.78, 5) is 12.0. The van der Waals surface area contributed by atoms with Crippen LogP contribution < -0.4 is 14.8 Å². The molecule has 0 spiro atoms. The lowest BCUT2D eigenvalue weighted by Gasteiger charge is -2.29. The average molecular weight is 293 g/mol. The molecule has 0 amide bonds. The van der Waals surface area contributed by atoms with Crippen LogP contribution in [0.25, 0.3) is 0 Å². The van der Waals surface area contributed by atoms with Crippen LogP contribution in [0.1, 0.15) is 29.2 Å². The Kier molecular flexibility index (Phi) is 4.73. The van der Waals surface area contributed by atoms with E-state index in [9.17, 15) is 4.79 Å². The van der Waals surface area contributed by atoms with E-state index in [0.29, 0.717) is 19.6 Å². The SMILES string of the molecule is CCOC(=O)C1Cc2c(c(OC)c(C)c(C)c2OC)CN1. The van der Waals surface area contributed by atoms with Gasteiger partial charge in [0.1, 0.15) is 17.5 Å². The second-order valence-electron chi connectivity index (χ2n) is 5.16. The summed E-state index contributed by atoms with van der Waals surface area (Å²) in [5, 5.41) is 3.22. The molecule has 1 unspecified atom stereocenters. The minimum absolute atomic E-state index is 0.220. The predicted molar refractivity (Wildman–Crippen MR) is 80.0 cm³/mol. The van der Waals surface area contributed by atoms with Gasteiger partial charge in [-0.25, -0.2) is 0 Å². The molecule has 0 bridgehead atoms. The molecular weight excluding hydrogens is 270 g/mol. The zero-order chi connectivity index (χ0) is 15.6. The minimum atomic E-state index is -0.335. The van der Waals surface area contributed by atoms with Gasteiger partial charge >= 0.3 is 5.97 Å². The predicted octanol–water partition coefficient (Wildman–Crippen LogP) is 1.90. The number of nitrogens with one attached hydrogen (secondary N) is 1. The zero-order valence-electron chi connectivity index (χ0n) is 13.3. The number of carbonyl (C=O) groups excluding carboxylic acids is 1. The number of benzene rings is 1. The van der Waals surface area contributed by atoms with Gasteiger partial charge in [0, 0.05) is 24.1 Å². The summed E-state index contributed by atoms with van der Waals surface area (Å²) in [5.41, 5.74) is 4.23. The summed E-state index contributed by atoms with van der Waals surface area (Å²) in [5.74, 6) is 1.50. The number of hydrogen-bond acceptors (Lipinski definition) is 5. The van der Waals surface area contributed by atoms with Crippen molar-refractivity contribution in [1.29, 1.82) is 0 Å².